The Morgan fingerprint density at radius 2 is 0.887 bits per heavy atom. The molecular formula is C62H92Cl4O5. The number of benzene rings is 5. The van der Waals surface area contributed by atoms with Gasteiger partial charge < -0.3 is 23.7 Å². The molecular weight excluding hydrogens is 966 g/mol. The predicted octanol–water partition coefficient (Wildman–Crippen LogP) is 20.8. The zero-order valence-electron chi connectivity index (χ0n) is 46.6. The number of hydrogen-bond acceptors (Lipinski definition) is 5. The van der Waals surface area contributed by atoms with Crippen molar-refractivity contribution >= 4 is 46.4 Å². The Bertz CT molecular complexity index is 2220. The fourth-order valence-corrected chi connectivity index (χ4v) is 5.89. The molecule has 5 aromatic carbocycles. The molecule has 0 fully saturated rings. The number of halogens is 4. The van der Waals surface area contributed by atoms with E-state index < -0.39 is 0 Å². The highest BCUT2D eigenvalue weighted by atomic mass is 35.5. The zero-order chi connectivity index (χ0) is 53.8. The summed E-state index contributed by atoms with van der Waals surface area (Å²) in [7, 11) is 0. The van der Waals surface area contributed by atoms with Gasteiger partial charge in [-0.3, -0.25) is 0 Å². The standard InChI is InChI=1S/C13H20O.4C12H17ClO.CH4/c1-10-7-6-8-12(9-10)14-11(2)13(3,4)5;1-9-7-10(13)5-6-11(9)14-8-12(2,3)4;1-9-5-6-10(7-11(9)13)14-8-12(2,3)4;1-9-5-6-11(10(13)7-9)14-8-12(2,3)4;1-9(12(2,3)4)14-11-8-6-5-7-10(11)13;/h6-9,11H,1-5H3;3*5-7H,8H2,1-4H3;5-9H,1-4H3;1H4. The van der Waals surface area contributed by atoms with E-state index in [1.54, 1.807) is 0 Å². The molecule has 9 heteroatoms. The molecule has 5 aromatic rings. The summed E-state index contributed by atoms with van der Waals surface area (Å²) < 4.78 is 28.6. The summed E-state index contributed by atoms with van der Waals surface area (Å²) in [4.78, 5) is 0. The van der Waals surface area contributed by atoms with Crippen LogP contribution in [0.1, 0.15) is 147 Å². The number of rotatable bonds is 10. The van der Waals surface area contributed by atoms with Crippen molar-refractivity contribution in [2.24, 2.45) is 27.1 Å². The van der Waals surface area contributed by atoms with Crippen LogP contribution in [0.3, 0.4) is 0 Å². The lowest BCUT2D eigenvalue weighted by Gasteiger charge is -2.28. The Labute approximate surface area is 453 Å². The lowest BCUT2D eigenvalue weighted by atomic mass is 9.90. The second-order valence-electron chi connectivity index (χ2n) is 23.8. The Kier molecular flexibility index (Phi) is 28.9. The van der Waals surface area contributed by atoms with Crippen molar-refractivity contribution in [3.8, 4) is 28.7 Å². The summed E-state index contributed by atoms with van der Waals surface area (Å²) in [5.41, 5.74) is 5.39. The molecule has 5 rings (SSSR count). The SMILES string of the molecule is C.CC(Oc1ccccc1Cl)C(C)(C)C.Cc1cc(Cl)ccc1OCC(C)(C)C.Cc1ccc(OCC(C)(C)C)c(Cl)c1.Cc1ccc(OCC(C)(C)C)cc1Cl.Cc1cccc(OC(C)C(C)(C)C)c1. The van der Waals surface area contributed by atoms with E-state index in [1.165, 1.54) is 5.56 Å². The molecule has 0 aromatic heterocycles. The maximum Gasteiger partial charge on any atom is 0.138 e. The van der Waals surface area contributed by atoms with Gasteiger partial charge in [-0.2, -0.15) is 0 Å². The average molecular weight is 1060 g/mol. The molecule has 398 valence electrons. The van der Waals surface area contributed by atoms with Crippen LogP contribution in [0.4, 0.5) is 0 Å². The van der Waals surface area contributed by atoms with E-state index in [4.69, 9.17) is 70.1 Å². The lowest BCUT2D eigenvalue weighted by molar-refractivity contribution is 0.103. The van der Waals surface area contributed by atoms with Gasteiger partial charge in [0.15, 0.2) is 0 Å². The third kappa shape index (κ3) is 30.8. The van der Waals surface area contributed by atoms with Crippen LogP contribution < -0.4 is 23.7 Å². The van der Waals surface area contributed by atoms with E-state index in [0.29, 0.717) is 23.3 Å². The largest absolute Gasteiger partial charge is 0.493 e. The first-order valence-corrected chi connectivity index (χ1v) is 25.8. The minimum absolute atomic E-state index is 0. The van der Waals surface area contributed by atoms with Gasteiger partial charge in [-0.05, 0) is 158 Å². The van der Waals surface area contributed by atoms with Gasteiger partial charge in [0.1, 0.15) is 41.0 Å². The smallest absolute Gasteiger partial charge is 0.138 e. The van der Waals surface area contributed by atoms with Crippen molar-refractivity contribution in [3.63, 3.8) is 0 Å². The van der Waals surface area contributed by atoms with E-state index >= 15 is 0 Å². The summed E-state index contributed by atoms with van der Waals surface area (Å²) in [6, 6.07) is 33.1. The first kappa shape index (κ1) is 67.3. The molecule has 2 unspecified atom stereocenters. The molecule has 0 N–H and O–H groups in total. The number of para-hydroxylation sites is 1. The fraction of sp³-hybridized carbons (Fsp3) is 0.516. The third-order valence-corrected chi connectivity index (χ3v) is 11.5. The van der Waals surface area contributed by atoms with E-state index in [1.807, 2.05) is 112 Å². The summed E-state index contributed by atoms with van der Waals surface area (Å²) in [6.45, 7) is 46.6. The minimum atomic E-state index is 0. The Hall–Kier alpha value is -3.74. The summed E-state index contributed by atoms with van der Waals surface area (Å²) in [5.74, 6) is 4.26. The number of aryl methyl sites for hydroxylation is 4. The van der Waals surface area contributed by atoms with Gasteiger partial charge in [0, 0.05) is 10.0 Å². The normalized spacial score (nSPS) is 12.2. The zero-order valence-corrected chi connectivity index (χ0v) is 49.7. The molecule has 71 heavy (non-hydrogen) atoms. The van der Waals surface area contributed by atoms with Crippen LogP contribution in [0.2, 0.25) is 20.1 Å². The van der Waals surface area contributed by atoms with Crippen molar-refractivity contribution in [1.29, 1.82) is 0 Å². The van der Waals surface area contributed by atoms with Crippen LogP contribution in [0.15, 0.2) is 103 Å². The average Bonchev–Trinajstić information content (AvgIpc) is 3.21. The van der Waals surface area contributed by atoms with Gasteiger partial charge in [0.25, 0.3) is 0 Å². The van der Waals surface area contributed by atoms with E-state index in [-0.39, 0.29) is 46.7 Å². The highest BCUT2D eigenvalue weighted by Gasteiger charge is 2.23. The molecule has 0 saturated carbocycles. The second kappa shape index (κ2) is 30.5. The van der Waals surface area contributed by atoms with Crippen LogP contribution >= 0.6 is 46.4 Å². The molecule has 0 amide bonds. The van der Waals surface area contributed by atoms with Gasteiger partial charge in [0.05, 0.1) is 29.9 Å². The fourth-order valence-electron chi connectivity index (χ4n) is 5.03. The number of ether oxygens (including phenoxy) is 5. The molecule has 0 radical (unpaired) electrons. The van der Waals surface area contributed by atoms with Gasteiger partial charge >= 0.3 is 0 Å². The van der Waals surface area contributed by atoms with Crippen LogP contribution in [-0.2, 0) is 0 Å². The van der Waals surface area contributed by atoms with Crippen molar-refractivity contribution in [2.45, 2.75) is 165 Å². The molecule has 0 aliphatic carbocycles. The van der Waals surface area contributed by atoms with Crippen LogP contribution in [0.5, 0.6) is 28.7 Å². The second-order valence-corrected chi connectivity index (χ2v) is 25.5. The van der Waals surface area contributed by atoms with Crippen LogP contribution in [0.25, 0.3) is 0 Å². The molecule has 0 saturated heterocycles. The van der Waals surface area contributed by atoms with Crippen molar-refractivity contribution in [1.82, 2.24) is 0 Å². The van der Waals surface area contributed by atoms with E-state index in [9.17, 15) is 0 Å². The van der Waals surface area contributed by atoms with Crippen LogP contribution in [-0.4, -0.2) is 32.0 Å². The first-order chi connectivity index (χ1) is 32.0. The summed E-state index contributed by atoms with van der Waals surface area (Å²) in [6.07, 6.45) is 0.367. The van der Waals surface area contributed by atoms with Crippen molar-refractivity contribution in [3.05, 3.63) is 145 Å². The van der Waals surface area contributed by atoms with Gasteiger partial charge in [-0.1, -0.05) is 194 Å². The molecule has 5 nitrogen and oxygen atoms in total. The summed E-state index contributed by atoms with van der Waals surface area (Å²) in [5, 5.41) is 2.87. The highest BCUT2D eigenvalue weighted by molar-refractivity contribution is 6.32. The predicted molar refractivity (Wildman–Crippen MR) is 312 cm³/mol. The molecule has 0 aliphatic rings. The molecule has 2 atom stereocenters. The lowest BCUT2D eigenvalue weighted by Crippen LogP contribution is -2.28. The monoisotopic (exact) mass is 1060 g/mol. The van der Waals surface area contributed by atoms with Gasteiger partial charge in [-0.25, -0.2) is 0 Å². The first-order valence-electron chi connectivity index (χ1n) is 24.3. The van der Waals surface area contributed by atoms with E-state index in [0.717, 1.165) is 62.1 Å². The Balaban J connectivity index is 0.000000860. The quantitative estimate of drug-likeness (QED) is 0.139. The molecule has 0 bridgehead atoms. The molecule has 0 spiro atoms. The third-order valence-electron chi connectivity index (χ3n) is 10.2. The maximum absolute atomic E-state index is 6.03. The number of hydrogen-bond donors (Lipinski definition) is 0. The molecule has 0 aliphatic heterocycles. The van der Waals surface area contributed by atoms with Gasteiger partial charge in [0.2, 0.25) is 0 Å². The van der Waals surface area contributed by atoms with E-state index in [2.05, 4.69) is 137 Å². The minimum Gasteiger partial charge on any atom is -0.493 e. The van der Waals surface area contributed by atoms with Crippen molar-refractivity contribution in [2.75, 3.05) is 19.8 Å². The maximum atomic E-state index is 6.03. The topological polar surface area (TPSA) is 46.2 Å². The van der Waals surface area contributed by atoms with Crippen LogP contribution in [0, 0.1) is 54.8 Å². The summed E-state index contributed by atoms with van der Waals surface area (Å²) >= 11 is 23.9. The Morgan fingerprint density at radius 3 is 1.37 bits per heavy atom. The van der Waals surface area contributed by atoms with Gasteiger partial charge in [-0.15, -0.1) is 0 Å². The van der Waals surface area contributed by atoms with Crippen molar-refractivity contribution < 1.29 is 23.7 Å². The highest BCUT2D eigenvalue weighted by Crippen LogP contribution is 2.31. The molecule has 0 heterocycles. The Morgan fingerprint density at radius 1 is 0.394 bits per heavy atom.